The van der Waals surface area contributed by atoms with Crippen LogP contribution >= 0.6 is 15.6 Å². The summed E-state index contributed by atoms with van der Waals surface area (Å²) in [5, 5.41) is 10.6. The zero-order chi connectivity index (χ0) is 72.7. The van der Waals surface area contributed by atoms with Crippen molar-refractivity contribution < 1.29 is 80.2 Å². The molecule has 588 valence electrons. The molecule has 0 spiro atoms. The molecule has 0 amide bonds. The van der Waals surface area contributed by atoms with E-state index in [1.807, 2.05) is 0 Å². The minimum Gasteiger partial charge on any atom is -0.462 e. The average molecular weight is 1450 g/mol. The molecular formula is C80H156O17P2. The topological polar surface area (TPSA) is 237 Å². The highest BCUT2D eigenvalue weighted by Gasteiger charge is 2.30. The van der Waals surface area contributed by atoms with Gasteiger partial charge in [0, 0.05) is 25.7 Å². The van der Waals surface area contributed by atoms with Crippen molar-refractivity contribution in [2.75, 3.05) is 39.6 Å². The second kappa shape index (κ2) is 73.0. The van der Waals surface area contributed by atoms with E-state index in [1.54, 1.807) is 0 Å². The molecule has 0 radical (unpaired) electrons. The third kappa shape index (κ3) is 72.8. The lowest BCUT2D eigenvalue weighted by molar-refractivity contribution is -0.161. The summed E-state index contributed by atoms with van der Waals surface area (Å²) in [7, 11) is -9.92. The lowest BCUT2D eigenvalue weighted by Crippen LogP contribution is -2.30. The Bertz CT molecular complexity index is 1890. The zero-order valence-electron chi connectivity index (χ0n) is 64.6. The number of phosphoric ester groups is 2. The maximum Gasteiger partial charge on any atom is 0.472 e. The average Bonchev–Trinajstić information content (AvgIpc) is 1.41. The normalized spacial score (nSPS) is 14.1. The molecule has 3 unspecified atom stereocenters. The third-order valence-electron chi connectivity index (χ3n) is 19.1. The third-order valence-corrected chi connectivity index (χ3v) is 21.0. The van der Waals surface area contributed by atoms with Gasteiger partial charge >= 0.3 is 39.5 Å². The molecule has 0 heterocycles. The molecule has 3 N–H and O–H groups in total. The highest BCUT2D eigenvalue weighted by molar-refractivity contribution is 7.47. The Morgan fingerprint density at radius 1 is 0.283 bits per heavy atom. The first-order chi connectivity index (χ1) is 48.1. The fraction of sp³-hybridized carbons (Fsp3) is 0.950. The number of esters is 4. The van der Waals surface area contributed by atoms with Crippen LogP contribution in [0.5, 0.6) is 0 Å². The van der Waals surface area contributed by atoms with Gasteiger partial charge in [0.15, 0.2) is 12.2 Å². The summed E-state index contributed by atoms with van der Waals surface area (Å²) in [6, 6.07) is 0. The summed E-state index contributed by atoms with van der Waals surface area (Å²) in [6.45, 7) is 7.32. The molecule has 6 atom stereocenters. The van der Waals surface area contributed by atoms with E-state index in [0.717, 1.165) is 95.8 Å². The van der Waals surface area contributed by atoms with Crippen LogP contribution in [0.1, 0.15) is 426 Å². The molecule has 0 saturated heterocycles. The Hall–Kier alpha value is -1.94. The number of hydrogen-bond acceptors (Lipinski definition) is 15. The number of aliphatic hydroxyl groups is 1. The second-order valence-corrected chi connectivity index (χ2v) is 32.0. The van der Waals surface area contributed by atoms with Crippen molar-refractivity contribution >= 4 is 39.5 Å². The van der Waals surface area contributed by atoms with Crippen molar-refractivity contribution in [2.24, 2.45) is 5.92 Å². The number of aliphatic hydroxyl groups excluding tert-OH is 1. The van der Waals surface area contributed by atoms with E-state index in [1.165, 1.54) is 250 Å². The molecule has 0 saturated carbocycles. The Morgan fingerprint density at radius 2 is 0.485 bits per heavy atom. The van der Waals surface area contributed by atoms with Crippen molar-refractivity contribution in [3.05, 3.63) is 0 Å². The van der Waals surface area contributed by atoms with Gasteiger partial charge in [0.05, 0.1) is 26.4 Å². The summed E-state index contributed by atoms with van der Waals surface area (Å²) >= 11 is 0. The molecule has 0 aromatic carbocycles. The molecule has 0 aliphatic heterocycles. The van der Waals surface area contributed by atoms with Gasteiger partial charge in [-0.1, -0.05) is 375 Å². The fourth-order valence-electron chi connectivity index (χ4n) is 12.4. The number of rotatable bonds is 80. The van der Waals surface area contributed by atoms with Gasteiger partial charge in [0.25, 0.3) is 0 Å². The van der Waals surface area contributed by atoms with Gasteiger partial charge in [0.1, 0.15) is 19.3 Å². The molecule has 19 heteroatoms. The van der Waals surface area contributed by atoms with E-state index in [9.17, 15) is 43.2 Å². The second-order valence-electron chi connectivity index (χ2n) is 29.1. The molecule has 0 aromatic heterocycles. The first-order valence-electron chi connectivity index (χ1n) is 41.7. The summed E-state index contributed by atoms with van der Waals surface area (Å²) in [5.41, 5.74) is 0. The van der Waals surface area contributed by atoms with Crippen LogP contribution in [0, 0.1) is 5.92 Å². The SMILES string of the molecule is CCCCCCCCCCCCCCCCCCCCCCC(=O)O[C@H](COC(=O)CCCCCCCCCCCCCCCCC)COP(=O)(O)OC[C@@H](O)COP(=O)(O)OC[C@@H](COC(=O)CCCCCCCCCCCCCC)OC(=O)CCCCCCCCCCC(C)CC. The van der Waals surface area contributed by atoms with E-state index in [-0.39, 0.29) is 25.7 Å². The Morgan fingerprint density at radius 3 is 0.717 bits per heavy atom. The molecule has 0 rings (SSSR count). The van der Waals surface area contributed by atoms with Crippen molar-refractivity contribution in [1.29, 1.82) is 0 Å². The molecule has 0 aromatic rings. The predicted molar refractivity (Wildman–Crippen MR) is 405 cm³/mol. The monoisotopic (exact) mass is 1450 g/mol. The first-order valence-corrected chi connectivity index (χ1v) is 44.7. The maximum atomic E-state index is 13.1. The van der Waals surface area contributed by atoms with Crippen LogP contribution in [0.2, 0.25) is 0 Å². The fourth-order valence-corrected chi connectivity index (χ4v) is 14.0. The van der Waals surface area contributed by atoms with E-state index in [4.69, 9.17) is 37.0 Å². The molecule has 0 aliphatic rings. The van der Waals surface area contributed by atoms with Crippen LogP contribution in [-0.4, -0.2) is 96.7 Å². The van der Waals surface area contributed by atoms with Crippen molar-refractivity contribution in [1.82, 2.24) is 0 Å². The Kier molecular flexibility index (Phi) is 71.6. The summed E-state index contributed by atoms with van der Waals surface area (Å²) in [4.78, 5) is 73.0. The quantitative estimate of drug-likeness (QED) is 0.0222. The van der Waals surface area contributed by atoms with Crippen LogP contribution in [0.25, 0.3) is 0 Å². The van der Waals surface area contributed by atoms with Gasteiger partial charge in [-0.15, -0.1) is 0 Å². The zero-order valence-corrected chi connectivity index (χ0v) is 66.4. The Labute approximate surface area is 607 Å². The molecule has 0 fully saturated rings. The predicted octanol–water partition coefficient (Wildman–Crippen LogP) is 24.0. The van der Waals surface area contributed by atoms with E-state index >= 15 is 0 Å². The van der Waals surface area contributed by atoms with Gasteiger partial charge in [0.2, 0.25) is 0 Å². The van der Waals surface area contributed by atoms with Gasteiger partial charge in [-0.05, 0) is 31.6 Å². The van der Waals surface area contributed by atoms with Gasteiger partial charge in [-0.25, -0.2) is 9.13 Å². The van der Waals surface area contributed by atoms with Crippen molar-refractivity contribution in [3.63, 3.8) is 0 Å². The number of unbranched alkanes of at least 4 members (excludes halogenated alkanes) is 51. The van der Waals surface area contributed by atoms with E-state index < -0.39 is 97.5 Å². The van der Waals surface area contributed by atoms with Crippen molar-refractivity contribution in [3.8, 4) is 0 Å². The van der Waals surface area contributed by atoms with Crippen LogP contribution in [0.3, 0.4) is 0 Å². The van der Waals surface area contributed by atoms with Crippen LogP contribution in [0.15, 0.2) is 0 Å². The highest BCUT2D eigenvalue weighted by Crippen LogP contribution is 2.45. The number of phosphoric acid groups is 2. The number of carbonyl (C=O) groups is 4. The van der Waals surface area contributed by atoms with E-state index in [0.29, 0.717) is 25.7 Å². The molecule has 17 nitrogen and oxygen atoms in total. The van der Waals surface area contributed by atoms with Crippen LogP contribution < -0.4 is 0 Å². The summed E-state index contributed by atoms with van der Waals surface area (Å²) in [5.74, 6) is -1.34. The lowest BCUT2D eigenvalue weighted by Gasteiger charge is -2.21. The number of carbonyl (C=O) groups excluding carboxylic acids is 4. The molecule has 0 aliphatic carbocycles. The first kappa shape index (κ1) is 97.1. The van der Waals surface area contributed by atoms with Crippen LogP contribution in [0.4, 0.5) is 0 Å². The van der Waals surface area contributed by atoms with Gasteiger partial charge in [-0.2, -0.15) is 0 Å². The molecule has 0 bridgehead atoms. The number of ether oxygens (including phenoxy) is 4. The summed E-state index contributed by atoms with van der Waals surface area (Å²) in [6.07, 6.45) is 63.7. The Balaban J connectivity index is 5.24. The maximum absolute atomic E-state index is 13.1. The van der Waals surface area contributed by atoms with Gasteiger partial charge < -0.3 is 33.8 Å². The van der Waals surface area contributed by atoms with Crippen LogP contribution in [-0.2, 0) is 65.4 Å². The minimum absolute atomic E-state index is 0.106. The standard InChI is InChI=1S/C80H156O17P2/c1-6-10-13-16-19-22-25-28-30-31-32-33-34-36-38-41-44-50-55-60-65-79(84)96-75(69-90-78(83)64-59-54-49-43-40-37-35-29-26-23-20-17-14-11-7-2)71-94-98(86,87)92-67-74(81)68-93-99(88,89)95-72-76(97-80(85)66-61-56-51-46-45-47-52-57-62-73(5)9-4)70-91-77(82)63-58-53-48-42-39-27-24-21-18-15-12-8-3/h73-76,81H,6-72H2,1-5H3,(H,86,87)(H,88,89)/t73?,74-,75-,76-/m1/s1. The minimum atomic E-state index is -4.96. The lowest BCUT2D eigenvalue weighted by atomic mass is 9.99. The molecular weight excluding hydrogens is 1290 g/mol. The van der Waals surface area contributed by atoms with E-state index in [2.05, 4.69) is 34.6 Å². The summed E-state index contributed by atoms with van der Waals surface area (Å²) < 4.78 is 68.7. The van der Waals surface area contributed by atoms with Crippen molar-refractivity contribution in [2.45, 2.75) is 445 Å². The van der Waals surface area contributed by atoms with Gasteiger partial charge in [-0.3, -0.25) is 37.3 Å². The number of hydrogen-bond donors (Lipinski definition) is 3. The smallest absolute Gasteiger partial charge is 0.462 e. The largest absolute Gasteiger partial charge is 0.472 e. The highest BCUT2D eigenvalue weighted by atomic mass is 31.2. The molecule has 99 heavy (non-hydrogen) atoms.